The molecule has 0 atom stereocenters. The quantitative estimate of drug-likeness (QED) is 0.794. The van der Waals surface area contributed by atoms with Gasteiger partial charge in [0.15, 0.2) is 5.82 Å². The van der Waals surface area contributed by atoms with Crippen LogP contribution in [0.2, 0.25) is 0 Å². The highest BCUT2D eigenvalue weighted by molar-refractivity contribution is 9.10. The van der Waals surface area contributed by atoms with E-state index in [0.29, 0.717) is 13.1 Å². The molecule has 0 aliphatic heterocycles. The summed E-state index contributed by atoms with van der Waals surface area (Å²) in [7, 11) is 1.97. The third kappa shape index (κ3) is 2.15. The minimum Gasteiger partial charge on any atom is -0.329 e. The van der Waals surface area contributed by atoms with Gasteiger partial charge in [-0.2, -0.15) is 0 Å². The predicted octanol–water partition coefficient (Wildman–Crippen LogP) is 1.55. The lowest BCUT2D eigenvalue weighted by molar-refractivity contribution is 0.598. The summed E-state index contributed by atoms with van der Waals surface area (Å²) in [6.45, 7) is 1.20. The molecular formula is C12H13BrN6. The smallest absolute Gasteiger partial charge is 0.163 e. The van der Waals surface area contributed by atoms with Gasteiger partial charge in [-0.1, -0.05) is 21.1 Å². The minimum atomic E-state index is 0.540. The Morgan fingerprint density at radius 1 is 1.37 bits per heavy atom. The Bertz CT molecular complexity index is 729. The zero-order valence-electron chi connectivity index (χ0n) is 10.4. The van der Waals surface area contributed by atoms with Gasteiger partial charge in [0.05, 0.1) is 23.8 Å². The number of aryl methyl sites for hydroxylation is 1. The topological polar surface area (TPSA) is 74.5 Å². The van der Waals surface area contributed by atoms with Crippen LogP contribution in [0.15, 0.2) is 28.9 Å². The number of aromatic nitrogens is 5. The van der Waals surface area contributed by atoms with Crippen LogP contribution in [-0.2, 0) is 13.6 Å². The minimum absolute atomic E-state index is 0.540. The van der Waals surface area contributed by atoms with Crippen LogP contribution >= 0.6 is 15.9 Å². The fraction of sp³-hybridized carbons (Fsp3) is 0.250. The SMILES string of the molecule is Cn1c(-c2cn(CCN)nn2)nc2cc(Br)ccc21. The molecule has 19 heavy (non-hydrogen) atoms. The van der Waals surface area contributed by atoms with Crippen molar-refractivity contribution in [2.75, 3.05) is 6.54 Å². The fourth-order valence-electron chi connectivity index (χ4n) is 2.04. The van der Waals surface area contributed by atoms with E-state index in [2.05, 4.69) is 31.2 Å². The Labute approximate surface area is 118 Å². The fourth-order valence-corrected chi connectivity index (χ4v) is 2.39. The third-order valence-corrected chi connectivity index (χ3v) is 3.46. The molecule has 0 spiro atoms. The molecule has 1 aromatic carbocycles. The number of hydrogen-bond donors (Lipinski definition) is 1. The second-order valence-corrected chi connectivity index (χ2v) is 5.20. The van der Waals surface area contributed by atoms with Gasteiger partial charge in [0.1, 0.15) is 5.69 Å². The molecule has 0 unspecified atom stereocenters. The number of nitrogens with two attached hydrogens (primary N) is 1. The second kappa shape index (κ2) is 4.75. The summed E-state index contributed by atoms with van der Waals surface area (Å²) in [5.41, 5.74) is 8.25. The lowest BCUT2D eigenvalue weighted by atomic mass is 10.3. The van der Waals surface area contributed by atoms with Crippen molar-refractivity contribution >= 4 is 27.0 Å². The van der Waals surface area contributed by atoms with Crippen LogP contribution in [0.25, 0.3) is 22.6 Å². The maximum absolute atomic E-state index is 5.50. The van der Waals surface area contributed by atoms with Gasteiger partial charge in [0.25, 0.3) is 0 Å². The number of rotatable bonds is 3. The molecule has 7 heteroatoms. The van der Waals surface area contributed by atoms with E-state index in [9.17, 15) is 0 Å². The highest BCUT2D eigenvalue weighted by Crippen LogP contribution is 2.24. The number of nitrogens with zero attached hydrogens (tertiary/aromatic N) is 5. The van der Waals surface area contributed by atoms with Gasteiger partial charge in [-0.25, -0.2) is 4.98 Å². The van der Waals surface area contributed by atoms with E-state index >= 15 is 0 Å². The van der Waals surface area contributed by atoms with Crippen molar-refractivity contribution in [1.29, 1.82) is 0 Å². The molecule has 0 saturated heterocycles. The van der Waals surface area contributed by atoms with Gasteiger partial charge in [0.2, 0.25) is 0 Å². The average Bonchev–Trinajstić information content (AvgIpc) is 2.95. The summed E-state index contributed by atoms with van der Waals surface area (Å²) in [5.74, 6) is 0.802. The van der Waals surface area contributed by atoms with Gasteiger partial charge < -0.3 is 10.3 Å². The lowest BCUT2D eigenvalue weighted by Gasteiger charge is -1.98. The summed E-state index contributed by atoms with van der Waals surface area (Å²) in [5, 5.41) is 8.18. The summed E-state index contributed by atoms with van der Waals surface area (Å²) < 4.78 is 4.75. The normalized spacial score (nSPS) is 11.3. The average molecular weight is 321 g/mol. The van der Waals surface area contributed by atoms with Crippen molar-refractivity contribution in [2.45, 2.75) is 6.54 Å². The zero-order chi connectivity index (χ0) is 13.4. The van der Waals surface area contributed by atoms with Crippen molar-refractivity contribution in [1.82, 2.24) is 24.5 Å². The Morgan fingerprint density at radius 2 is 2.21 bits per heavy atom. The van der Waals surface area contributed by atoms with Gasteiger partial charge in [-0.15, -0.1) is 5.10 Å². The molecule has 0 saturated carbocycles. The molecular weight excluding hydrogens is 308 g/mol. The molecule has 3 aromatic rings. The summed E-state index contributed by atoms with van der Waals surface area (Å²) in [4.78, 5) is 4.60. The number of imidazole rings is 1. The van der Waals surface area contributed by atoms with E-state index in [-0.39, 0.29) is 0 Å². The van der Waals surface area contributed by atoms with Crippen molar-refractivity contribution < 1.29 is 0 Å². The summed E-state index contributed by atoms with van der Waals surface area (Å²) in [6.07, 6.45) is 1.86. The monoisotopic (exact) mass is 320 g/mol. The first-order valence-corrected chi connectivity index (χ1v) is 6.71. The zero-order valence-corrected chi connectivity index (χ0v) is 12.0. The molecule has 0 aliphatic carbocycles. The van der Waals surface area contributed by atoms with Crippen LogP contribution in [0.1, 0.15) is 0 Å². The Balaban J connectivity index is 2.10. The molecule has 0 fully saturated rings. The third-order valence-electron chi connectivity index (χ3n) is 2.97. The van der Waals surface area contributed by atoms with Crippen molar-refractivity contribution in [3.05, 3.63) is 28.9 Å². The van der Waals surface area contributed by atoms with Crippen LogP contribution < -0.4 is 5.73 Å². The number of benzene rings is 1. The van der Waals surface area contributed by atoms with Gasteiger partial charge in [0, 0.05) is 18.1 Å². The van der Waals surface area contributed by atoms with Crippen LogP contribution in [0.4, 0.5) is 0 Å². The molecule has 3 rings (SSSR count). The van der Waals surface area contributed by atoms with Crippen molar-refractivity contribution in [3.8, 4) is 11.5 Å². The number of fused-ring (bicyclic) bond motifs is 1. The Hall–Kier alpha value is -1.73. The predicted molar refractivity (Wildman–Crippen MR) is 76.5 cm³/mol. The van der Waals surface area contributed by atoms with E-state index in [4.69, 9.17) is 5.73 Å². The molecule has 0 radical (unpaired) electrons. The van der Waals surface area contributed by atoms with E-state index in [1.165, 1.54) is 0 Å². The van der Waals surface area contributed by atoms with Crippen molar-refractivity contribution in [2.24, 2.45) is 12.8 Å². The molecule has 2 aromatic heterocycles. The van der Waals surface area contributed by atoms with E-state index in [1.54, 1.807) is 4.68 Å². The van der Waals surface area contributed by atoms with Crippen LogP contribution in [-0.4, -0.2) is 31.1 Å². The van der Waals surface area contributed by atoms with E-state index in [1.807, 2.05) is 36.0 Å². The largest absolute Gasteiger partial charge is 0.329 e. The van der Waals surface area contributed by atoms with Crippen LogP contribution in [0, 0.1) is 0 Å². The Morgan fingerprint density at radius 3 is 3.00 bits per heavy atom. The Kier molecular flexibility index (Phi) is 3.08. The molecule has 2 N–H and O–H groups in total. The molecule has 0 bridgehead atoms. The van der Waals surface area contributed by atoms with E-state index < -0.39 is 0 Å². The first-order chi connectivity index (χ1) is 9.19. The highest BCUT2D eigenvalue weighted by atomic mass is 79.9. The van der Waals surface area contributed by atoms with Crippen LogP contribution in [0.3, 0.4) is 0 Å². The molecule has 0 amide bonds. The molecule has 6 nitrogen and oxygen atoms in total. The summed E-state index contributed by atoms with van der Waals surface area (Å²) in [6, 6.07) is 6.02. The van der Waals surface area contributed by atoms with Crippen LogP contribution in [0.5, 0.6) is 0 Å². The van der Waals surface area contributed by atoms with Gasteiger partial charge in [-0.3, -0.25) is 4.68 Å². The van der Waals surface area contributed by atoms with Gasteiger partial charge in [-0.05, 0) is 18.2 Å². The second-order valence-electron chi connectivity index (χ2n) is 4.28. The molecule has 2 heterocycles. The highest BCUT2D eigenvalue weighted by Gasteiger charge is 2.13. The maximum atomic E-state index is 5.50. The first kappa shape index (κ1) is 12.3. The lowest BCUT2D eigenvalue weighted by Crippen LogP contribution is -2.10. The molecule has 98 valence electrons. The summed E-state index contributed by atoms with van der Waals surface area (Å²) >= 11 is 3.45. The van der Waals surface area contributed by atoms with Gasteiger partial charge >= 0.3 is 0 Å². The maximum Gasteiger partial charge on any atom is 0.163 e. The first-order valence-electron chi connectivity index (χ1n) is 5.91. The van der Waals surface area contributed by atoms with Crippen molar-refractivity contribution in [3.63, 3.8) is 0 Å². The number of hydrogen-bond acceptors (Lipinski definition) is 4. The number of halogens is 1. The standard InChI is InChI=1S/C12H13BrN6/c1-18-11-3-2-8(13)6-9(11)15-12(18)10-7-19(5-4-14)17-16-10/h2-3,6-7H,4-5,14H2,1H3. The van der Waals surface area contributed by atoms with E-state index in [0.717, 1.165) is 27.0 Å². The molecule has 0 aliphatic rings.